The van der Waals surface area contributed by atoms with Gasteiger partial charge in [0.1, 0.15) is 5.82 Å². The third kappa shape index (κ3) is 3.19. The van der Waals surface area contributed by atoms with Gasteiger partial charge in [0.2, 0.25) is 11.8 Å². The number of rotatable bonds is 5. The number of halogens is 2. The van der Waals surface area contributed by atoms with E-state index in [4.69, 9.17) is 4.42 Å². The Labute approximate surface area is 118 Å². The highest BCUT2D eigenvalue weighted by Crippen LogP contribution is 2.28. The molecule has 0 aliphatic heterocycles. The third-order valence-corrected chi connectivity index (χ3v) is 3.67. The number of nitrogens with zero attached hydrogens (tertiary/aromatic N) is 2. The van der Waals surface area contributed by atoms with Crippen molar-refractivity contribution < 1.29 is 8.81 Å². The molecule has 1 fully saturated rings. The molecule has 3 rings (SSSR count). The molecule has 0 atom stereocenters. The number of hydrogen-bond acceptors (Lipinski definition) is 4. The first-order valence-corrected chi connectivity index (χ1v) is 7.03. The lowest BCUT2D eigenvalue weighted by Crippen LogP contribution is -2.19. The molecule has 1 aliphatic carbocycles. The van der Waals surface area contributed by atoms with Crippen LogP contribution in [0.15, 0.2) is 27.1 Å². The average Bonchev–Trinajstić information content (AvgIpc) is 3.10. The molecule has 19 heavy (non-hydrogen) atoms. The largest absolute Gasteiger partial charge is 0.421 e. The highest BCUT2D eigenvalue weighted by atomic mass is 79.9. The molecule has 0 bridgehead atoms. The Bertz CT molecular complexity index is 583. The summed E-state index contributed by atoms with van der Waals surface area (Å²) in [6.07, 6.45) is 3.20. The fourth-order valence-corrected chi connectivity index (χ4v) is 2.21. The van der Waals surface area contributed by atoms with Crippen molar-refractivity contribution in [2.24, 2.45) is 0 Å². The lowest BCUT2D eigenvalue weighted by Gasteiger charge is -1.99. The molecule has 0 unspecified atom stereocenters. The van der Waals surface area contributed by atoms with Crippen LogP contribution in [0.3, 0.4) is 0 Å². The molecular weight excluding hydrogens is 313 g/mol. The quantitative estimate of drug-likeness (QED) is 0.918. The molecule has 4 nitrogen and oxygen atoms in total. The second-order valence-corrected chi connectivity index (χ2v) is 5.46. The number of nitrogens with one attached hydrogen (secondary N) is 1. The van der Waals surface area contributed by atoms with Crippen molar-refractivity contribution in [3.05, 3.63) is 34.4 Å². The molecule has 1 aromatic carbocycles. The summed E-state index contributed by atoms with van der Waals surface area (Å²) in [5.74, 6) is 0.584. The maximum absolute atomic E-state index is 13.2. The minimum Gasteiger partial charge on any atom is -0.421 e. The van der Waals surface area contributed by atoms with Crippen molar-refractivity contribution in [3.8, 4) is 11.5 Å². The third-order valence-electron chi connectivity index (χ3n) is 2.97. The van der Waals surface area contributed by atoms with Crippen LogP contribution in [0.5, 0.6) is 0 Å². The van der Waals surface area contributed by atoms with E-state index in [0.717, 1.165) is 11.0 Å². The van der Waals surface area contributed by atoms with Crippen LogP contribution in [0.2, 0.25) is 0 Å². The molecule has 1 heterocycles. The van der Waals surface area contributed by atoms with Crippen molar-refractivity contribution in [1.82, 2.24) is 15.5 Å². The van der Waals surface area contributed by atoms with E-state index in [1.165, 1.54) is 25.0 Å². The highest BCUT2D eigenvalue weighted by Gasteiger charge is 2.20. The van der Waals surface area contributed by atoms with E-state index < -0.39 is 0 Å². The van der Waals surface area contributed by atoms with E-state index in [2.05, 4.69) is 31.4 Å². The van der Waals surface area contributed by atoms with Crippen molar-refractivity contribution in [2.75, 3.05) is 6.54 Å². The van der Waals surface area contributed by atoms with Crippen molar-refractivity contribution in [1.29, 1.82) is 0 Å². The van der Waals surface area contributed by atoms with Crippen LogP contribution in [-0.2, 0) is 6.42 Å². The van der Waals surface area contributed by atoms with Gasteiger partial charge in [0, 0.05) is 23.5 Å². The molecule has 0 spiro atoms. The molecule has 0 amide bonds. The van der Waals surface area contributed by atoms with Crippen LogP contribution in [0.1, 0.15) is 18.7 Å². The van der Waals surface area contributed by atoms with Crippen LogP contribution in [0.4, 0.5) is 4.39 Å². The van der Waals surface area contributed by atoms with Crippen molar-refractivity contribution in [3.63, 3.8) is 0 Å². The zero-order valence-corrected chi connectivity index (χ0v) is 11.8. The van der Waals surface area contributed by atoms with E-state index >= 15 is 0 Å². The van der Waals surface area contributed by atoms with Gasteiger partial charge < -0.3 is 9.73 Å². The second-order valence-electron chi connectivity index (χ2n) is 4.60. The van der Waals surface area contributed by atoms with Crippen LogP contribution in [-0.4, -0.2) is 22.8 Å². The Morgan fingerprint density at radius 3 is 3.00 bits per heavy atom. The summed E-state index contributed by atoms with van der Waals surface area (Å²) in [4.78, 5) is 0. The summed E-state index contributed by atoms with van der Waals surface area (Å²) in [6.45, 7) is 0.830. The van der Waals surface area contributed by atoms with Gasteiger partial charge in [-0.3, -0.25) is 0 Å². The minimum absolute atomic E-state index is 0.326. The Morgan fingerprint density at radius 2 is 2.21 bits per heavy atom. The SMILES string of the molecule is Fc1ccc(Br)c(-c2nnc(CCNC3CC3)o2)c1. The molecule has 6 heteroatoms. The van der Waals surface area contributed by atoms with Gasteiger partial charge in [0.25, 0.3) is 0 Å². The zero-order chi connectivity index (χ0) is 13.2. The summed E-state index contributed by atoms with van der Waals surface area (Å²) in [7, 11) is 0. The average molecular weight is 326 g/mol. The molecule has 1 aromatic heterocycles. The molecular formula is C13H13BrFN3O. The summed E-state index contributed by atoms with van der Waals surface area (Å²) < 4.78 is 19.5. The van der Waals surface area contributed by atoms with Gasteiger partial charge >= 0.3 is 0 Å². The predicted molar refractivity (Wildman–Crippen MR) is 72.1 cm³/mol. The molecule has 1 aliphatic rings. The minimum atomic E-state index is -0.326. The number of hydrogen-bond donors (Lipinski definition) is 1. The van der Waals surface area contributed by atoms with Crippen LogP contribution >= 0.6 is 15.9 Å². The first-order chi connectivity index (χ1) is 9.22. The Morgan fingerprint density at radius 1 is 1.37 bits per heavy atom. The Kier molecular flexibility index (Phi) is 3.61. The maximum atomic E-state index is 13.2. The standard InChI is InChI=1S/C13H13BrFN3O/c14-11-4-1-8(15)7-10(11)13-18-17-12(19-13)5-6-16-9-2-3-9/h1,4,7,9,16H,2-3,5-6H2. The van der Waals surface area contributed by atoms with Crippen LogP contribution in [0.25, 0.3) is 11.5 Å². The maximum Gasteiger partial charge on any atom is 0.248 e. The summed E-state index contributed by atoms with van der Waals surface area (Å²) in [5, 5.41) is 11.3. The smallest absolute Gasteiger partial charge is 0.248 e. The lowest BCUT2D eigenvalue weighted by molar-refractivity contribution is 0.493. The summed E-state index contributed by atoms with van der Waals surface area (Å²) in [6, 6.07) is 5.05. The van der Waals surface area contributed by atoms with E-state index in [-0.39, 0.29) is 5.82 Å². The van der Waals surface area contributed by atoms with E-state index in [9.17, 15) is 4.39 Å². The van der Waals surface area contributed by atoms with E-state index in [1.807, 2.05) is 0 Å². The Hall–Kier alpha value is -1.27. The van der Waals surface area contributed by atoms with Gasteiger partial charge in [0.15, 0.2) is 0 Å². The second kappa shape index (κ2) is 5.38. The zero-order valence-electron chi connectivity index (χ0n) is 10.2. The van der Waals surface area contributed by atoms with Gasteiger partial charge in [-0.05, 0) is 47.0 Å². The van der Waals surface area contributed by atoms with Crippen molar-refractivity contribution in [2.45, 2.75) is 25.3 Å². The first-order valence-electron chi connectivity index (χ1n) is 6.23. The Balaban J connectivity index is 1.70. The predicted octanol–water partition coefficient (Wildman–Crippen LogP) is 2.93. The monoisotopic (exact) mass is 325 g/mol. The van der Waals surface area contributed by atoms with Gasteiger partial charge in [0.05, 0.1) is 5.56 Å². The number of aromatic nitrogens is 2. The molecule has 1 saturated carbocycles. The number of benzene rings is 1. The fraction of sp³-hybridized carbons (Fsp3) is 0.385. The van der Waals surface area contributed by atoms with Crippen molar-refractivity contribution >= 4 is 15.9 Å². The van der Waals surface area contributed by atoms with Gasteiger partial charge in [-0.2, -0.15) is 0 Å². The lowest BCUT2D eigenvalue weighted by atomic mass is 10.2. The van der Waals surface area contributed by atoms with E-state index in [1.54, 1.807) is 6.07 Å². The highest BCUT2D eigenvalue weighted by molar-refractivity contribution is 9.10. The van der Waals surface area contributed by atoms with Gasteiger partial charge in [-0.1, -0.05) is 0 Å². The molecule has 1 N–H and O–H groups in total. The molecule has 0 radical (unpaired) electrons. The molecule has 0 saturated heterocycles. The topological polar surface area (TPSA) is 51.0 Å². The van der Waals surface area contributed by atoms with Crippen LogP contribution in [0, 0.1) is 5.82 Å². The summed E-state index contributed by atoms with van der Waals surface area (Å²) >= 11 is 3.35. The van der Waals surface area contributed by atoms with Gasteiger partial charge in [-0.25, -0.2) is 4.39 Å². The normalized spacial score (nSPS) is 14.8. The van der Waals surface area contributed by atoms with Gasteiger partial charge in [-0.15, -0.1) is 10.2 Å². The fourth-order valence-electron chi connectivity index (χ4n) is 1.80. The van der Waals surface area contributed by atoms with Crippen LogP contribution < -0.4 is 5.32 Å². The molecule has 100 valence electrons. The first kappa shape index (κ1) is 12.7. The summed E-state index contributed by atoms with van der Waals surface area (Å²) in [5.41, 5.74) is 0.578. The van der Waals surface area contributed by atoms with E-state index in [0.29, 0.717) is 29.8 Å². The molecule has 2 aromatic rings.